The first-order valence-electron chi connectivity index (χ1n) is 23.1. The number of rotatable bonds is 43. The Bertz CT molecular complexity index is 936. The van der Waals surface area contributed by atoms with Crippen molar-refractivity contribution in [2.24, 2.45) is 0 Å². The zero-order valence-electron chi connectivity index (χ0n) is 36.9. The van der Waals surface area contributed by atoms with Gasteiger partial charge in [-0.1, -0.05) is 179 Å². The molecule has 0 aliphatic rings. The maximum Gasteiger partial charge on any atom is 0.472 e. The summed E-state index contributed by atoms with van der Waals surface area (Å²) >= 11 is 0. The van der Waals surface area contributed by atoms with Crippen LogP contribution in [0.5, 0.6) is 0 Å². The molecule has 8 nitrogen and oxygen atoms in total. The lowest BCUT2D eigenvalue weighted by Gasteiger charge is -2.24. The summed E-state index contributed by atoms with van der Waals surface area (Å²) < 4.78 is 34.9. The molecule has 1 N–H and O–H groups in total. The molecule has 0 amide bonds. The molecule has 0 rings (SSSR count). The molecule has 9 heteroatoms. The van der Waals surface area contributed by atoms with E-state index in [0.717, 1.165) is 38.5 Å². The molecule has 0 heterocycles. The van der Waals surface area contributed by atoms with Crippen LogP contribution in [0.1, 0.15) is 206 Å². The van der Waals surface area contributed by atoms with Gasteiger partial charge in [0.1, 0.15) is 19.3 Å². The molecule has 0 aromatic rings. The number of phosphoric ester groups is 1. The number of allylic oxidation sites excluding steroid dienone is 4. The summed E-state index contributed by atoms with van der Waals surface area (Å²) in [6.07, 6.45) is 45.3. The van der Waals surface area contributed by atoms with Crippen molar-refractivity contribution in [3.63, 3.8) is 0 Å². The molecule has 55 heavy (non-hydrogen) atoms. The fourth-order valence-electron chi connectivity index (χ4n) is 6.41. The second-order valence-electron chi connectivity index (χ2n) is 16.8. The van der Waals surface area contributed by atoms with Crippen molar-refractivity contribution in [2.45, 2.75) is 213 Å². The lowest BCUT2D eigenvalue weighted by Crippen LogP contribution is -2.37. The Labute approximate surface area is 341 Å². The summed E-state index contributed by atoms with van der Waals surface area (Å²) in [4.78, 5) is 22.7. The van der Waals surface area contributed by atoms with E-state index < -0.39 is 13.9 Å². The maximum atomic E-state index is 12.6. The van der Waals surface area contributed by atoms with Gasteiger partial charge in [-0.2, -0.15) is 0 Å². The van der Waals surface area contributed by atoms with E-state index in [1.54, 1.807) is 0 Å². The van der Waals surface area contributed by atoms with Crippen LogP contribution in [0.15, 0.2) is 24.3 Å². The Morgan fingerprint density at radius 2 is 1.00 bits per heavy atom. The number of hydrogen-bond donors (Lipinski definition) is 1. The fraction of sp³-hybridized carbons (Fsp3) is 0.891. The molecule has 2 unspecified atom stereocenters. The van der Waals surface area contributed by atoms with Crippen LogP contribution in [0.2, 0.25) is 0 Å². The third-order valence-electron chi connectivity index (χ3n) is 10.0. The Kier molecular flexibility index (Phi) is 39.1. The van der Waals surface area contributed by atoms with Crippen molar-refractivity contribution in [2.75, 3.05) is 54.1 Å². The van der Waals surface area contributed by atoms with Crippen LogP contribution in [-0.4, -0.2) is 75.6 Å². The van der Waals surface area contributed by atoms with Crippen molar-refractivity contribution >= 4 is 13.8 Å². The highest BCUT2D eigenvalue weighted by Crippen LogP contribution is 2.43. The standard InChI is InChI=1S/C46H90NO7P/c1-6-8-10-12-14-15-16-17-18-19-20-21-22-23-24-25-26-27-28-29-30-31-32-34-36-38-41-51-43-45(44-53-55(49,50)52-42-40-47(3,4)5)54-46(48)39-37-35-33-13-11-9-7-2/h16-17,19-20,45H,6-15,18,21-44H2,1-5H3/p+1/b17-16-,20-19-. The molecule has 0 saturated heterocycles. The largest absolute Gasteiger partial charge is 0.472 e. The van der Waals surface area contributed by atoms with Gasteiger partial charge in [0.25, 0.3) is 0 Å². The van der Waals surface area contributed by atoms with E-state index in [0.29, 0.717) is 24.1 Å². The third kappa shape index (κ3) is 43.9. The number of hydrogen-bond acceptors (Lipinski definition) is 6. The molecular weight excluding hydrogens is 709 g/mol. The Morgan fingerprint density at radius 1 is 0.564 bits per heavy atom. The monoisotopic (exact) mass is 801 g/mol. The second kappa shape index (κ2) is 39.8. The van der Waals surface area contributed by atoms with Gasteiger partial charge in [0.15, 0.2) is 0 Å². The quantitative estimate of drug-likeness (QED) is 0.0216. The summed E-state index contributed by atoms with van der Waals surface area (Å²) in [5, 5.41) is 0. The molecular formula is C46H91NO7P+. The van der Waals surface area contributed by atoms with Crippen molar-refractivity contribution in [3.8, 4) is 0 Å². The van der Waals surface area contributed by atoms with E-state index in [-0.39, 0.29) is 25.8 Å². The lowest BCUT2D eigenvalue weighted by atomic mass is 10.0. The van der Waals surface area contributed by atoms with Gasteiger partial charge in [-0.15, -0.1) is 0 Å². The predicted octanol–water partition coefficient (Wildman–Crippen LogP) is 13.6. The second-order valence-corrected chi connectivity index (χ2v) is 18.2. The van der Waals surface area contributed by atoms with E-state index in [2.05, 4.69) is 38.2 Å². The highest BCUT2D eigenvalue weighted by atomic mass is 31.2. The SMILES string of the molecule is CCCCCCC/C=C\C/C=C\CCCCCCCCCCCCCCCCOCC(COP(=O)(O)OCC[N+](C)(C)C)OC(=O)CCCCCCCCC. The van der Waals surface area contributed by atoms with E-state index in [1.165, 1.54) is 148 Å². The van der Waals surface area contributed by atoms with Gasteiger partial charge in [-0.3, -0.25) is 13.8 Å². The first kappa shape index (κ1) is 54.0. The van der Waals surface area contributed by atoms with Gasteiger partial charge in [0.05, 0.1) is 34.4 Å². The first-order chi connectivity index (χ1) is 26.6. The summed E-state index contributed by atoms with van der Waals surface area (Å²) in [5.74, 6) is -0.319. The zero-order chi connectivity index (χ0) is 40.6. The van der Waals surface area contributed by atoms with Crippen LogP contribution in [0.4, 0.5) is 0 Å². The summed E-state index contributed by atoms with van der Waals surface area (Å²) in [5.41, 5.74) is 0. The number of unbranched alkanes of at least 4 members (excludes halogenated alkanes) is 25. The van der Waals surface area contributed by atoms with Crippen LogP contribution < -0.4 is 0 Å². The van der Waals surface area contributed by atoms with Gasteiger partial charge < -0.3 is 18.9 Å². The van der Waals surface area contributed by atoms with E-state index in [1.807, 2.05) is 21.1 Å². The molecule has 0 aromatic carbocycles. The molecule has 0 spiro atoms. The number of carbonyl (C=O) groups is 1. The Balaban J connectivity index is 3.93. The number of nitrogens with zero attached hydrogens (tertiary/aromatic N) is 1. The molecule has 326 valence electrons. The van der Waals surface area contributed by atoms with Crippen molar-refractivity contribution < 1.29 is 37.3 Å². The molecule has 2 atom stereocenters. The third-order valence-corrected chi connectivity index (χ3v) is 11.0. The van der Waals surface area contributed by atoms with Gasteiger partial charge in [0, 0.05) is 13.0 Å². The highest BCUT2D eigenvalue weighted by molar-refractivity contribution is 7.47. The minimum atomic E-state index is -4.26. The number of carbonyl (C=O) groups excluding carboxylic acids is 1. The summed E-state index contributed by atoms with van der Waals surface area (Å²) in [6.45, 7) is 5.59. The maximum absolute atomic E-state index is 12.6. The molecule has 0 aliphatic carbocycles. The van der Waals surface area contributed by atoms with E-state index >= 15 is 0 Å². The Morgan fingerprint density at radius 3 is 1.47 bits per heavy atom. The smallest absolute Gasteiger partial charge is 0.457 e. The molecule has 0 aromatic heterocycles. The number of esters is 1. The number of quaternary nitrogens is 1. The minimum Gasteiger partial charge on any atom is -0.457 e. The zero-order valence-corrected chi connectivity index (χ0v) is 37.8. The van der Waals surface area contributed by atoms with Gasteiger partial charge in [-0.25, -0.2) is 4.57 Å². The number of likely N-dealkylation sites (N-methyl/N-ethyl adjacent to an activating group) is 1. The average molecular weight is 801 g/mol. The van der Waals surface area contributed by atoms with Crippen LogP contribution in [0, 0.1) is 0 Å². The topological polar surface area (TPSA) is 91.3 Å². The van der Waals surface area contributed by atoms with Crippen LogP contribution in [0.3, 0.4) is 0 Å². The van der Waals surface area contributed by atoms with Crippen LogP contribution >= 0.6 is 7.82 Å². The van der Waals surface area contributed by atoms with E-state index in [9.17, 15) is 14.3 Å². The van der Waals surface area contributed by atoms with Crippen molar-refractivity contribution in [3.05, 3.63) is 24.3 Å². The average Bonchev–Trinajstić information content (AvgIpc) is 3.13. The van der Waals surface area contributed by atoms with Crippen LogP contribution in [-0.2, 0) is 27.9 Å². The molecule has 0 fully saturated rings. The number of ether oxygens (including phenoxy) is 2. The van der Waals surface area contributed by atoms with Crippen molar-refractivity contribution in [1.29, 1.82) is 0 Å². The van der Waals surface area contributed by atoms with Crippen LogP contribution in [0.25, 0.3) is 0 Å². The Hall–Kier alpha value is -1.02. The molecule has 0 aliphatic heterocycles. The molecule has 0 saturated carbocycles. The first-order valence-corrected chi connectivity index (χ1v) is 24.6. The minimum absolute atomic E-state index is 0.0906. The van der Waals surface area contributed by atoms with Gasteiger partial charge in [0.2, 0.25) is 0 Å². The molecule has 0 radical (unpaired) electrons. The van der Waals surface area contributed by atoms with Crippen molar-refractivity contribution in [1.82, 2.24) is 0 Å². The van der Waals surface area contributed by atoms with Gasteiger partial charge >= 0.3 is 13.8 Å². The van der Waals surface area contributed by atoms with Gasteiger partial charge in [-0.05, 0) is 44.9 Å². The lowest BCUT2D eigenvalue weighted by molar-refractivity contribution is -0.870. The normalized spacial score (nSPS) is 13.9. The fourth-order valence-corrected chi connectivity index (χ4v) is 7.15. The summed E-state index contributed by atoms with van der Waals surface area (Å²) in [7, 11) is 1.67. The number of phosphoric acid groups is 1. The highest BCUT2D eigenvalue weighted by Gasteiger charge is 2.26. The van der Waals surface area contributed by atoms with E-state index in [4.69, 9.17) is 18.5 Å². The summed E-state index contributed by atoms with van der Waals surface area (Å²) in [6, 6.07) is 0. The molecule has 0 bridgehead atoms. The predicted molar refractivity (Wildman–Crippen MR) is 233 cm³/mol.